The van der Waals surface area contributed by atoms with Crippen molar-refractivity contribution in [2.45, 2.75) is 59.9 Å². The molecule has 1 unspecified atom stereocenters. The topological polar surface area (TPSA) is 46.3 Å². The zero-order chi connectivity index (χ0) is 13.4. The van der Waals surface area contributed by atoms with Crippen molar-refractivity contribution in [3.8, 4) is 0 Å². The van der Waals surface area contributed by atoms with Gasteiger partial charge in [0, 0.05) is 19.0 Å². The molecule has 0 spiro atoms. The Kier molecular flexibility index (Phi) is 8.23. The summed E-state index contributed by atoms with van der Waals surface area (Å²) in [6.45, 7) is 12.0. The summed E-state index contributed by atoms with van der Waals surface area (Å²) in [7, 11) is 0. The molecule has 1 amide bonds. The quantitative estimate of drug-likeness (QED) is 0.711. The molecule has 0 aromatic rings. The lowest BCUT2D eigenvalue weighted by Gasteiger charge is -2.29. The number of nitrogens with two attached hydrogens (primary N) is 1. The van der Waals surface area contributed by atoms with Gasteiger partial charge in [-0.1, -0.05) is 20.8 Å². The number of carbonyl (C=O) groups excluding carboxylic acids is 1. The van der Waals surface area contributed by atoms with E-state index in [9.17, 15) is 4.79 Å². The summed E-state index contributed by atoms with van der Waals surface area (Å²) >= 11 is 0. The highest BCUT2D eigenvalue weighted by molar-refractivity contribution is 5.76. The Balaban J connectivity index is 4.37. The molecule has 0 rings (SSSR count). The number of nitrogens with zero attached hydrogens (tertiary/aromatic N) is 1. The monoisotopic (exact) mass is 242 g/mol. The largest absolute Gasteiger partial charge is 0.340 e. The molecule has 0 radical (unpaired) electrons. The van der Waals surface area contributed by atoms with Crippen molar-refractivity contribution in [3.63, 3.8) is 0 Å². The van der Waals surface area contributed by atoms with Gasteiger partial charge in [-0.25, -0.2) is 0 Å². The summed E-state index contributed by atoms with van der Waals surface area (Å²) in [6, 6.07) is 0.338. The van der Waals surface area contributed by atoms with Gasteiger partial charge in [0.1, 0.15) is 0 Å². The lowest BCUT2D eigenvalue weighted by atomic mass is 9.93. The Labute approximate surface area is 107 Å². The van der Waals surface area contributed by atoms with E-state index in [-0.39, 0.29) is 5.91 Å². The van der Waals surface area contributed by atoms with Crippen LogP contribution in [0.1, 0.15) is 53.9 Å². The highest BCUT2D eigenvalue weighted by atomic mass is 16.2. The molecule has 0 aliphatic rings. The first-order valence-corrected chi connectivity index (χ1v) is 6.95. The molecule has 0 saturated heterocycles. The first-order valence-electron chi connectivity index (χ1n) is 6.95. The van der Waals surface area contributed by atoms with E-state index in [1.165, 1.54) is 0 Å². The van der Waals surface area contributed by atoms with Gasteiger partial charge < -0.3 is 10.6 Å². The fraction of sp³-hybridized carbons (Fsp3) is 0.929. The van der Waals surface area contributed by atoms with Gasteiger partial charge in [0.25, 0.3) is 0 Å². The van der Waals surface area contributed by atoms with Gasteiger partial charge >= 0.3 is 0 Å². The van der Waals surface area contributed by atoms with Crippen LogP contribution in [-0.2, 0) is 4.79 Å². The highest BCUT2D eigenvalue weighted by Crippen LogP contribution is 2.17. The van der Waals surface area contributed by atoms with E-state index < -0.39 is 0 Å². The van der Waals surface area contributed by atoms with Crippen LogP contribution >= 0.6 is 0 Å². The fourth-order valence-electron chi connectivity index (χ4n) is 2.25. The molecule has 0 aromatic heterocycles. The molecule has 0 aromatic carbocycles. The Bertz CT molecular complexity index is 216. The van der Waals surface area contributed by atoms with Crippen LogP contribution in [-0.4, -0.2) is 29.9 Å². The Hall–Kier alpha value is -0.570. The van der Waals surface area contributed by atoms with Gasteiger partial charge in [0.05, 0.1) is 0 Å². The summed E-state index contributed by atoms with van der Waals surface area (Å²) in [4.78, 5) is 14.2. The molecule has 102 valence electrons. The second-order valence-electron chi connectivity index (χ2n) is 5.37. The Morgan fingerprint density at radius 1 is 1.24 bits per heavy atom. The van der Waals surface area contributed by atoms with E-state index in [1.807, 2.05) is 11.8 Å². The van der Waals surface area contributed by atoms with Crippen molar-refractivity contribution < 1.29 is 4.79 Å². The lowest BCUT2D eigenvalue weighted by molar-refractivity contribution is -0.134. The van der Waals surface area contributed by atoms with E-state index in [0.717, 1.165) is 19.4 Å². The number of hydrogen-bond acceptors (Lipinski definition) is 2. The standard InChI is InChI=1S/C14H30N2O/c1-6-12(5)16(7-2)14(17)9-13(10-15)8-11(3)4/h11-13H,6-10,15H2,1-5H3/t12?,13-/m0/s1. The number of amides is 1. The predicted octanol–water partition coefficient (Wildman–Crippen LogP) is 2.64. The number of carbonyl (C=O) groups is 1. The molecular weight excluding hydrogens is 212 g/mol. The van der Waals surface area contributed by atoms with E-state index in [2.05, 4.69) is 27.7 Å². The maximum absolute atomic E-state index is 12.2. The minimum Gasteiger partial charge on any atom is -0.340 e. The Morgan fingerprint density at radius 3 is 2.18 bits per heavy atom. The molecule has 0 aliphatic heterocycles. The van der Waals surface area contributed by atoms with Crippen molar-refractivity contribution in [1.82, 2.24) is 4.90 Å². The van der Waals surface area contributed by atoms with E-state index in [4.69, 9.17) is 5.73 Å². The van der Waals surface area contributed by atoms with Crippen molar-refractivity contribution in [1.29, 1.82) is 0 Å². The van der Waals surface area contributed by atoms with Crippen LogP contribution in [0.3, 0.4) is 0 Å². The maximum atomic E-state index is 12.2. The smallest absolute Gasteiger partial charge is 0.223 e. The molecule has 0 bridgehead atoms. The molecule has 3 nitrogen and oxygen atoms in total. The molecule has 3 heteroatoms. The SMILES string of the molecule is CCC(C)N(CC)C(=O)C[C@@H](CN)CC(C)C. The first-order chi connectivity index (χ1) is 7.96. The van der Waals surface area contributed by atoms with E-state index in [1.54, 1.807) is 0 Å². The Morgan fingerprint density at radius 2 is 1.82 bits per heavy atom. The third-order valence-corrected chi connectivity index (χ3v) is 3.39. The summed E-state index contributed by atoms with van der Waals surface area (Å²) < 4.78 is 0. The fourth-order valence-corrected chi connectivity index (χ4v) is 2.25. The summed E-state index contributed by atoms with van der Waals surface area (Å²) in [5.41, 5.74) is 5.75. The van der Waals surface area contributed by atoms with Crippen molar-refractivity contribution in [3.05, 3.63) is 0 Å². The summed E-state index contributed by atoms with van der Waals surface area (Å²) in [6.07, 6.45) is 2.66. The van der Waals surface area contributed by atoms with Crippen molar-refractivity contribution in [2.75, 3.05) is 13.1 Å². The molecule has 2 N–H and O–H groups in total. The number of rotatable bonds is 8. The zero-order valence-electron chi connectivity index (χ0n) is 12.2. The summed E-state index contributed by atoms with van der Waals surface area (Å²) in [5.74, 6) is 1.20. The molecule has 0 fully saturated rings. The third-order valence-electron chi connectivity index (χ3n) is 3.39. The molecular formula is C14H30N2O. The highest BCUT2D eigenvalue weighted by Gasteiger charge is 2.21. The van der Waals surface area contributed by atoms with E-state index >= 15 is 0 Å². The van der Waals surface area contributed by atoms with Crippen LogP contribution in [0, 0.1) is 11.8 Å². The molecule has 0 saturated carbocycles. The molecule has 0 heterocycles. The minimum atomic E-state index is 0.262. The van der Waals surface area contributed by atoms with E-state index in [0.29, 0.717) is 30.8 Å². The van der Waals surface area contributed by atoms with Crippen molar-refractivity contribution >= 4 is 5.91 Å². The minimum absolute atomic E-state index is 0.262. The first kappa shape index (κ1) is 16.4. The van der Waals surface area contributed by atoms with Crippen LogP contribution in [0.2, 0.25) is 0 Å². The van der Waals surface area contributed by atoms with Gasteiger partial charge in [-0.3, -0.25) is 4.79 Å². The van der Waals surface area contributed by atoms with Crippen LogP contribution in [0.25, 0.3) is 0 Å². The van der Waals surface area contributed by atoms with Gasteiger partial charge in [0.2, 0.25) is 5.91 Å². The van der Waals surface area contributed by atoms with Crippen LogP contribution < -0.4 is 5.73 Å². The molecule has 17 heavy (non-hydrogen) atoms. The van der Waals surface area contributed by atoms with Crippen LogP contribution in [0.5, 0.6) is 0 Å². The maximum Gasteiger partial charge on any atom is 0.223 e. The van der Waals surface area contributed by atoms with Gasteiger partial charge in [-0.15, -0.1) is 0 Å². The molecule has 0 aliphatic carbocycles. The average Bonchev–Trinajstić information content (AvgIpc) is 2.28. The number of hydrogen-bond donors (Lipinski definition) is 1. The second-order valence-corrected chi connectivity index (χ2v) is 5.37. The second kappa shape index (κ2) is 8.51. The average molecular weight is 242 g/mol. The lowest BCUT2D eigenvalue weighted by Crippen LogP contribution is -2.39. The zero-order valence-corrected chi connectivity index (χ0v) is 12.2. The van der Waals surface area contributed by atoms with Crippen molar-refractivity contribution in [2.24, 2.45) is 17.6 Å². The van der Waals surface area contributed by atoms with Crippen LogP contribution in [0.15, 0.2) is 0 Å². The predicted molar refractivity (Wildman–Crippen MR) is 73.8 cm³/mol. The van der Waals surface area contributed by atoms with Gasteiger partial charge in [-0.2, -0.15) is 0 Å². The van der Waals surface area contributed by atoms with Crippen LogP contribution in [0.4, 0.5) is 0 Å². The third kappa shape index (κ3) is 6.06. The molecule has 2 atom stereocenters. The van der Waals surface area contributed by atoms with Gasteiger partial charge in [-0.05, 0) is 45.1 Å². The normalized spacial score (nSPS) is 14.8. The summed E-state index contributed by atoms with van der Waals surface area (Å²) in [5, 5.41) is 0. The van der Waals surface area contributed by atoms with Gasteiger partial charge in [0.15, 0.2) is 0 Å².